The van der Waals surface area contributed by atoms with Crippen LogP contribution in [0.2, 0.25) is 0 Å². The van der Waals surface area contributed by atoms with Crippen LogP contribution in [0.5, 0.6) is 0 Å². The Kier molecular flexibility index (Phi) is 8.14. The molecule has 0 amide bonds. The van der Waals surface area contributed by atoms with E-state index in [9.17, 15) is 10.0 Å². The van der Waals surface area contributed by atoms with E-state index in [0.717, 1.165) is 6.42 Å². The standard InChI is InChI=1S/C13H24Cl2N2O3/c1-2-20-13(18)8-11(16)3-4-17(19)12-6-9(14)5-10(15)7-12/h9-12,19H,2-8,16H2,1H3. The number of alkyl halides is 2. The van der Waals surface area contributed by atoms with Crippen LogP contribution < -0.4 is 5.73 Å². The Balaban J connectivity index is 2.28. The molecule has 1 rings (SSSR count). The maximum absolute atomic E-state index is 11.3. The molecule has 3 N–H and O–H groups in total. The van der Waals surface area contributed by atoms with Crippen molar-refractivity contribution in [3.05, 3.63) is 0 Å². The molecule has 0 bridgehead atoms. The fourth-order valence-corrected chi connectivity index (χ4v) is 3.35. The Hall–Kier alpha value is -0.0700. The minimum Gasteiger partial charge on any atom is -0.466 e. The van der Waals surface area contributed by atoms with Crippen LogP contribution in [-0.2, 0) is 9.53 Å². The molecule has 1 aliphatic rings. The highest BCUT2D eigenvalue weighted by molar-refractivity contribution is 6.23. The molecule has 3 atom stereocenters. The number of carbonyl (C=O) groups is 1. The van der Waals surface area contributed by atoms with Crippen LogP contribution in [0.3, 0.4) is 0 Å². The number of halogens is 2. The SMILES string of the molecule is CCOC(=O)CC(N)CCN(O)C1CC(Cl)CC(Cl)C1. The predicted octanol–water partition coefficient (Wildman–Crippen LogP) is 2.12. The summed E-state index contributed by atoms with van der Waals surface area (Å²) in [5.41, 5.74) is 5.85. The van der Waals surface area contributed by atoms with E-state index in [2.05, 4.69) is 0 Å². The highest BCUT2D eigenvalue weighted by atomic mass is 35.5. The van der Waals surface area contributed by atoms with Crippen molar-refractivity contribution >= 4 is 29.2 Å². The highest BCUT2D eigenvalue weighted by Crippen LogP contribution is 2.29. The number of hydrogen-bond acceptors (Lipinski definition) is 5. The van der Waals surface area contributed by atoms with Crippen molar-refractivity contribution in [1.29, 1.82) is 0 Å². The summed E-state index contributed by atoms with van der Waals surface area (Å²) in [6, 6.07) is -0.352. The van der Waals surface area contributed by atoms with Gasteiger partial charge in [-0.1, -0.05) is 0 Å². The number of carbonyl (C=O) groups excluding carboxylic acids is 1. The van der Waals surface area contributed by atoms with Crippen molar-refractivity contribution in [3.8, 4) is 0 Å². The van der Waals surface area contributed by atoms with Crippen molar-refractivity contribution in [2.75, 3.05) is 13.2 Å². The Bertz CT molecular complexity index is 297. The van der Waals surface area contributed by atoms with E-state index in [-0.39, 0.29) is 35.2 Å². The zero-order valence-corrected chi connectivity index (χ0v) is 13.3. The van der Waals surface area contributed by atoms with Gasteiger partial charge in [-0.25, -0.2) is 0 Å². The normalized spacial score (nSPS) is 28.4. The van der Waals surface area contributed by atoms with Crippen LogP contribution in [0.25, 0.3) is 0 Å². The van der Waals surface area contributed by atoms with E-state index in [0.29, 0.717) is 32.4 Å². The molecule has 0 aliphatic heterocycles. The fraction of sp³-hybridized carbons (Fsp3) is 0.923. The summed E-state index contributed by atoms with van der Waals surface area (Å²) in [4.78, 5) is 11.3. The van der Waals surface area contributed by atoms with Crippen molar-refractivity contribution in [3.63, 3.8) is 0 Å². The first kappa shape index (κ1) is 18.0. The first-order valence-electron chi connectivity index (χ1n) is 7.07. The lowest BCUT2D eigenvalue weighted by molar-refractivity contribution is -0.145. The van der Waals surface area contributed by atoms with Crippen LogP contribution in [0.15, 0.2) is 0 Å². The number of ether oxygens (including phenoxy) is 1. The molecule has 5 nitrogen and oxygen atoms in total. The van der Waals surface area contributed by atoms with Gasteiger partial charge in [-0.15, -0.1) is 23.2 Å². The van der Waals surface area contributed by atoms with Gasteiger partial charge in [-0.2, -0.15) is 5.06 Å². The molecule has 0 saturated heterocycles. The van der Waals surface area contributed by atoms with Gasteiger partial charge in [-0.3, -0.25) is 4.79 Å². The average molecular weight is 327 g/mol. The van der Waals surface area contributed by atoms with Gasteiger partial charge in [0.2, 0.25) is 0 Å². The maximum Gasteiger partial charge on any atom is 0.307 e. The quantitative estimate of drug-likeness (QED) is 0.425. The largest absolute Gasteiger partial charge is 0.466 e. The molecule has 0 aromatic rings. The van der Waals surface area contributed by atoms with Crippen molar-refractivity contribution < 1.29 is 14.7 Å². The zero-order valence-electron chi connectivity index (χ0n) is 11.8. The number of hydrogen-bond donors (Lipinski definition) is 2. The van der Waals surface area contributed by atoms with Gasteiger partial charge in [-0.05, 0) is 32.6 Å². The van der Waals surface area contributed by atoms with E-state index < -0.39 is 0 Å². The van der Waals surface area contributed by atoms with Crippen molar-refractivity contribution in [1.82, 2.24) is 5.06 Å². The predicted molar refractivity (Wildman–Crippen MR) is 79.3 cm³/mol. The highest BCUT2D eigenvalue weighted by Gasteiger charge is 2.30. The van der Waals surface area contributed by atoms with Crippen molar-refractivity contribution in [2.45, 2.75) is 61.9 Å². The lowest BCUT2D eigenvalue weighted by Gasteiger charge is -2.34. The Morgan fingerprint density at radius 3 is 2.55 bits per heavy atom. The van der Waals surface area contributed by atoms with E-state index in [1.807, 2.05) is 0 Å². The number of esters is 1. The summed E-state index contributed by atoms with van der Waals surface area (Å²) < 4.78 is 4.83. The third-order valence-corrected chi connectivity index (χ3v) is 4.16. The summed E-state index contributed by atoms with van der Waals surface area (Å²) in [5, 5.41) is 11.3. The molecule has 0 spiro atoms. The van der Waals surface area contributed by atoms with Crippen LogP contribution in [-0.4, -0.2) is 52.2 Å². The summed E-state index contributed by atoms with van der Waals surface area (Å²) in [5.74, 6) is -0.302. The first-order valence-corrected chi connectivity index (χ1v) is 7.94. The Morgan fingerprint density at radius 2 is 2.00 bits per heavy atom. The molecule has 118 valence electrons. The van der Waals surface area contributed by atoms with Gasteiger partial charge in [0.05, 0.1) is 13.0 Å². The van der Waals surface area contributed by atoms with Crippen LogP contribution in [0.1, 0.15) is 39.0 Å². The lowest BCUT2D eigenvalue weighted by Crippen LogP contribution is -2.42. The first-order chi connectivity index (χ1) is 9.42. The smallest absolute Gasteiger partial charge is 0.307 e. The molecule has 3 unspecified atom stereocenters. The number of nitrogens with two attached hydrogens (primary N) is 1. The second kappa shape index (κ2) is 9.05. The summed E-state index contributed by atoms with van der Waals surface area (Å²) in [6.45, 7) is 2.51. The molecule has 0 aromatic carbocycles. The molecule has 1 saturated carbocycles. The summed E-state index contributed by atoms with van der Waals surface area (Å²) in [7, 11) is 0. The van der Waals surface area contributed by atoms with E-state index in [4.69, 9.17) is 33.7 Å². The minimum atomic E-state index is -0.314. The van der Waals surface area contributed by atoms with Gasteiger partial charge in [0.25, 0.3) is 0 Å². The van der Waals surface area contributed by atoms with Gasteiger partial charge >= 0.3 is 5.97 Å². The second-order valence-electron chi connectivity index (χ2n) is 5.28. The fourth-order valence-electron chi connectivity index (χ4n) is 2.42. The molecule has 0 aromatic heterocycles. The molecule has 7 heteroatoms. The third kappa shape index (κ3) is 6.59. The summed E-state index contributed by atoms with van der Waals surface area (Å²) in [6.07, 6.45) is 2.90. The summed E-state index contributed by atoms with van der Waals surface area (Å²) >= 11 is 12.2. The maximum atomic E-state index is 11.3. The second-order valence-corrected chi connectivity index (χ2v) is 6.51. The van der Waals surface area contributed by atoms with Gasteiger partial charge in [0, 0.05) is 29.4 Å². The van der Waals surface area contributed by atoms with Crippen LogP contribution in [0.4, 0.5) is 0 Å². The van der Waals surface area contributed by atoms with Crippen LogP contribution >= 0.6 is 23.2 Å². The van der Waals surface area contributed by atoms with Gasteiger partial charge in [0.1, 0.15) is 0 Å². The topological polar surface area (TPSA) is 75.8 Å². The average Bonchev–Trinajstić information content (AvgIpc) is 2.35. The third-order valence-electron chi connectivity index (χ3n) is 3.45. The molecular weight excluding hydrogens is 303 g/mol. The molecule has 0 heterocycles. The van der Waals surface area contributed by atoms with Gasteiger partial charge in [0.15, 0.2) is 0 Å². The van der Waals surface area contributed by atoms with E-state index >= 15 is 0 Å². The van der Waals surface area contributed by atoms with E-state index in [1.54, 1.807) is 6.92 Å². The Morgan fingerprint density at radius 1 is 1.40 bits per heavy atom. The molecular formula is C13H24Cl2N2O3. The van der Waals surface area contributed by atoms with Crippen molar-refractivity contribution in [2.24, 2.45) is 5.73 Å². The van der Waals surface area contributed by atoms with Gasteiger partial charge < -0.3 is 15.7 Å². The Labute approximate surface area is 130 Å². The number of rotatable bonds is 7. The molecule has 1 aliphatic carbocycles. The zero-order chi connectivity index (χ0) is 15.1. The van der Waals surface area contributed by atoms with Crippen LogP contribution in [0, 0.1) is 0 Å². The molecule has 20 heavy (non-hydrogen) atoms. The monoisotopic (exact) mass is 326 g/mol. The number of nitrogens with zero attached hydrogens (tertiary/aromatic N) is 1. The molecule has 1 fully saturated rings. The minimum absolute atomic E-state index is 0.000828. The van der Waals surface area contributed by atoms with E-state index in [1.165, 1.54) is 5.06 Å². The molecule has 0 radical (unpaired) electrons. The number of hydroxylamine groups is 2. The lowest BCUT2D eigenvalue weighted by atomic mass is 9.94.